The highest BCUT2D eigenvalue weighted by atomic mass is 32.2. The first-order valence-corrected chi connectivity index (χ1v) is 10.5. The minimum atomic E-state index is -3.86. The molecule has 0 saturated heterocycles. The first-order chi connectivity index (χ1) is 13.5. The van der Waals surface area contributed by atoms with E-state index in [2.05, 4.69) is 10.0 Å². The lowest BCUT2D eigenvalue weighted by Crippen LogP contribution is -2.40. The van der Waals surface area contributed by atoms with Gasteiger partial charge in [-0.25, -0.2) is 8.42 Å². The van der Waals surface area contributed by atoms with E-state index in [9.17, 15) is 18.0 Å². The van der Waals surface area contributed by atoms with Gasteiger partial charge in [0.05, 0.1) is 10.4 Å². The Balaban J connectivity index is 1.84. The summed E-state index contributed by atoms with van der Waals surface area (Å²) < 4.78 is 29.4. The molecule has 29 heavy (non-hydrogen) atoms. The zero-order chi connectivity index (χ0) is 21.4. The normalized spacial score (nSPS) is 12.0. The quantitative estimate of drug-likeness (QED) is 0.682. The number of aromatic nitrogens is 1. The number of fused-ring (bicyclic) bond motifs is 1. The van der Waals surface area contributed by atoms with E-state index in [1.165, 1.54) is 35.8 Å². The summed E-state index contributed by atoms with van der Waals surface area (Å²) in [6.45, 7) is 7.06. The maximum Gasteiger partial charge on any atom is 0.261 e. The minimum absolute atomic E-state index is 0.0424. The third-order valence-corrected chi connectivity index (χ3v) is 5.58. The highest BCUT2D eigenvalue weighted by Gasteiger charge is 2.18. The monoisotopic (exact) mass is 413 g/mol. The van der Waals surface area contributed by atoms with E-state index >= 15 is 0 Å². The first-order valence-electron chi connectivity index (χ1n) is 9.04. The number of carbonyl (C=O) groups excluding carboxylic acids is 2. The van der Waals surface area contributed by atoms with Crippen molar-refractivity contribution in [3.05, 3.63) is 60.3 Å². The van der Waals surface area contributed by atoms with E-state index in [1.54, 1.807) is 30.5 Å². The molecule has 8 heteroatoms. The van der Waals surface area contributed by atoms with Gasteiger partial charge in [0.25, 0.3) is 15.9 Å². The van der Waals surface area contributed by atoms with E-state index in [1.807, 2.05) is 20.8 Å². The van der Waals surface area contributed by atoms with Crippen LogP contribution in [0.15, 0.2) is 59.6 Å². The van der Waals surface area contributed by atoms with Crippen LogP contribution in [0.4, 0.5) is 5.69 Å². The van der Waals surface area contributed by atoms with Crippen molar-refractivity contribution in [1.82, 2.24) is 9.88 Å². The molecule has 1 amide bonds. The van der Waals surface area contributed by atoms with Gasteiger partial charge in [0.15, 0.2) is 0 Å². The van der Waals surface area contributed by atoms with Gasteiger partial charge in [-0.15, -0.1) is 0 Å². The fraction of sp³-hybridized carbons (Fsp3) is 0.238. The number of benzene rings is 2. The van der Waals surface area contributed by atoms with Gasteiger partial charge in [0.2, 0.25) is 5.91 Å². The SMILES string of the molecule is CC(=O)n1ccc2ccc(S(=O)(=O)Nc3ccc(C(=O)NC(C)(C)C)cc3)cc21. The number of nitrogens with one attached hydrogen (secondary N) is 2. The Labute approximate surface area is 169 Å². The molecule has 2 aromatic carbocycles. The fourth-order valence-corrected chi connectivity index (χ4v) is 3.94. The van der Waals surface area contributed by atoms with Crippen molar-refractivity contribution < 1.29 is 18.0 Å². The second kappa shape index (κ2) is 7.36. The average molecular weight is 413 g/mol. The summed E-state index contributed by atoms with van der Waals surface area (Å²) in [5.41, 5.74) is 0.922. The van der Waals surface area contributed by atoms with E-state index in [-0.39, 0.29) is 22.2 Å². The highest BCUT2D eigenvalue weighted by Crippen LogP contribution is 2.23. The molecule has 0 aliphatic rings. The third kappa shape index (κ3) is 4.65. The lowest BCUT2D eigenvalue weighted by molar-refractivity contribution is 0.0916. The number of hydrogen-bond donors (Lipinski definition) is 2. The molecule has 0 unspecified atom stereocenters. The van der Waals surface area contributed by atoms with Crippen LogP contribution >= 0.6 is 0 Å². The van der Waals surface area contributed by atoms with E-state index < -0.39 is 10.0 Å². The first kappa shape index (κ1) is 20.6. The lowest BCUT2D eigenvalue weighted by atomic mass is 10.1. The molecule has 7 nitrogen and oxygen atoms in total. The third-order valence-electron chi connectivity index (χ3n) is 4.20. The summed E-state index contributed by atoms with van der Waals surface area (Å²) in [7, 11) is -3.86. The zero-order valence-corrected chi connectivity index (χ0v) is 17.5. The molecule has 3 rings (SSSR count). The van der Waals surface area contributed by atoms with Crippen LogP contribution in [0.1, 0.15) is 42.8 Å². The van der Waals surface area contributed by atoms with Crippen LogP contribution in [0, 0.1) is 0 Å². The van der Waals surface area contributed by atoms with E-state index in [0.29, 0.717) is 16.8 Å². The van der Waals surface area contributed by atoms with Crippen molar-refractivity contribution in [3.63, 3.8) is 0 Å². The molecule has 0 spiro atoms. The molecule has 0 bridgehead atoms. The van der Waals surface area contributed by atoms with E-state index in [4.69, 9.17) is 0 Å². The van der Waals surface area contributed by atoms with Crippen LogP contribution in [0.3, 0.4) is 0 Å². The molecule has 3 aromatic rings. The van der Waals surface area contributed by atoms with Gasteiger partial charge in [0, 0.05) is 35.3 Å². The number of hydrogen-bond acceptors (Lipinski definition) is 4. The standard InChI is InChI=1S/C21H23N3O4S/c1-14(25)24-12-11-15-7-10-18(13-19(15)24)29(27,28)23-17-8-5-16(6-9-17)20(26)22-21(2,3)4/h5-13,23H,1-4H3,(H,22,26). The molecular formula is C21H23N3O4S. The van der Waals surface area contributed by atoms with Gasteiger partial charge in [0.1, 0.15) is 0 Å². The second-order valence-corrected chi connectivity index (χ2v) is 9.49. The van der Waals surface area contributed by atoms with Gasteiger partial charge in [-0.1, -0.05) is 6.07 Å². The number of rotatable bonds is 4. The molecular weight excluding hydrogens is 390 g/mol. The van der Waals surface area contributed by atoms with Crippen LogP contribution in [-0.2, 0) is 10.0 Å². The Hall–Kier alpha value is -3.13. The molecule has 2 N–H and O–H groups in total. The average Bonchev–Trinajstić information content (AvgIpc) is 3.04. The van der Waals surface area contributed by atoms with Crippen molar-refractivity contribution in [2.75, 3.05) is 4.72 Å². The van der Waals surface area contributed by atoms with Gasteiger partial charge in [-0.3, -0.25) is 18.9 Å². The summed E-state index contributed by atoms with van der Waals surface area (Å²) >= 11 is 0. The fourth-order valence-electron chi connectivity index (χ4n) is 2.87. The number of anilines is 1. The zero-order valence-electron chi connectivity index (χ0n) is 16.7. The molecule has 0 aliphatic carbocycles. The Morgan fingerprint density at radius 1 is 0.966 bits per heavy atom. The maximum atomic E-state index is 12.8. The molecule has 152 valence electrons. The Morgan fingerprint density at radius 2 is 1.62 bits per heavy atom. The van der Waals surface area contributed by atoms with Crippen molar-refractivity contribution in [2.45, 2.75) is 38.1 Å². The van der Waals surface area contributed by atoms with Crippen molar-refractivity contribution in [2.24, 2.45) is 0 Å². The predicted octanol–water partition coefficient (Wildman–Crippen LogP) is 3.63. The smallest absolute Gasteiger partial charge is 0.261 e. The molecule has 0 fully saturated rings. The lowest BCUT2D eigenvalue weighted by Gasteiger charge is -2.20. The molecule has 0 saturated carbocycles. The highest BCUT2D eigenvalue weighted by molar-refractivity contribution is 7.92. The number of sulfonamides is 1. The van der Waals surface area contributed by atoms with Gasteiger partial charge in [-0.2, -0.15) is 0 Å². The molecule has 0 radical (unpaired) electrons. The largest absolute Gasteiger partial charge is 0.347 e. The van der Waals surface area contributed by atoms with Crippen molar-refractivity contribution in [3.8, 4) is 0 Å². The van der Waals surface area contributed by atoms with Gasteiger partial charge < -0.3 is 5.32 Å². The van der Waals surface area contributed by atoms with Crippen LogP contribution < -0.4 is 10.0 Å². The Morgan fingerprint density at radius 3 is 2.21 bits per heavy atom. The number of nitrogens with zero attached hydrogens (tertiary/aromatic N) is 1. The van der Waals surface area contributed by atoms with Crippen molar-refractivity contribution in [1.29, 1.82) is 0 Å². The minimum Gasteiger partial charge on any atom is -0.347 e. The number of amides is 1. The number of carbonyl (C=O) groups is 2. The maximum absolute atomic E-state index is 12.8. The van der Waals surface area contributed by atoms with Gasteiger partial charge in [-0.05, 0) is 63.2 Å². The summed E-state index contributed by atoms with van der Waals surface area (Å²) in [5.74, 6) is -0.436. The summed E-state index contributed by atoms with van der Waals surface area (Å²) in [6, 6.07) is 12.5. The van der Waals surface area contributed by atoms with Crippen LogP contribution in [0.25, 0.3) is 10.9 Å². The topological polar surface area (TPSA) is 97.3 Å². The molecule has 1 heterocycles. The second-order valence-electron chi connectivity index (χ2n) is 7.81. The van der Waals surface area contributed by atoms with Crippen LogP contribution in [-0.4, -0.2) is 30.3 Å². The predicted molar refractivity (Wildman–Crippen MR) is 113 cm³/mol. The summed E-state index contributed by atoms with van der Waals surface area (Å²) in [4.78, 5) is 23.9. The van der Waals surface area contributed by atoms with E-state index in [0.717, 1.165) is 5.39 Å². The Kier molecular flexibility index (Phi) is 5.23. The van der Waals surface area contributed by atoms with Gasteiger partial charge >= 0.3 is 0 Å². The molecule has 0 atom stereocenters. The van der Waals surface area contributed by atoms with Crippen LogP contribution in [0.5, 0.6) is 0 Å². The summed E-state index contributed by atoms with van der Waals surface area (Å²) in [6.07, 6.45) is 1.61. The van der Waals surface area contributed by atoms with Crippen LogP contribution in [0.2, 0.25) is 0 Å². The molecule has 1 aromatic heterocycles. The Bertz CT molecular complexity index is 1190. The summed E-state index contributed by atoms with van der Waals surface area (Å²) in [5, 5.41) is 3.62. The molecule has 0 aliphatic heterocycles. The van der Waals surface area contributed by atoms with Crippen molar-refractivity contribution >= 4 is 38.4 Å².